The molecule has 1 saturated carbocycles. The third-order valence-corrected chi connectivity index (χ3v) is 4.45. The highest BCUT2D eigenvalue weighted by atomic mass is 35.5. The van der Waals surface area contributed by atoms with Crippen molar-refractivity contribution in [3.63, 3.8) is 0 Å². The maximum absolute atomic E-state index is 12.2. The van der Waals surface area contributed by atoms with Crippen LogP contribution in [0.5, 0.6) is 0 Å². The summed E-state index contributed by atoms with van der Waals surface area (Å²) >= 11 is 0. The van der Waals surface area contributed by atoms with Crippen LogP contribution in [-0.4, -0.2) is 47.1 Å². The van der Waals surface area contributed by atoms with Crippen LogP contribution in [0.2, 0.25) is 0 Å². The summed E-state index contributed by atoms with van der Waals surface area (Å²) in [6.07, 6.45) is 6.48. The molecule has 2 fully saturated rings. The lowest BCUT2D eigenvalue weighted by Crippen LogP contribution is -2.48. The van der Waals surface area contributed by atoms with Gasteiger partial charge in [0.2, 0.25) is 5.91 Å². The number of rotatable bonds is 4. The van der Waals surface area contributed by atoms with Crippen molar-refractivity contribution in [3.05, 3.63) is 0 Å². The van der Waals surface area contributed by atoms with Gasteiger partial charge in [0, 0.05) is 12.6 Å². The molecule has 0 aromatic heterocycles. The third-order valence-electron chi connectivity index (χ3n) is 4.45. The summed E-state index contributed by atoms with van der Waals surface area (Å²) < 4.78 is 0. The van der Waals surface area contributed by atoms with Gasteiger partial charge < -0.3 is 10.4 Å². The lowest BCUT2D eigenvalue weighted by Gasteiger charge is -2.28. The standard InChI is InChI=1S/C14H24N2O3.ClH/c1-10(16-8-7-11(9-16)14(18)19)13(17)15-12-5-3-2-4-6-12;/h10-12H,2-9H2,1H3,(H,15,17)(H,18,19);1H. The molecule has 0 radical (unpaired) electrons. The van der Waals surface area contributed by atoms with E-state index in [4.69, 9.17) is 5.11 Å². The topological polar surface area (TPSA) is 69.6 Å². The van der Waals surface area contributed by atoms with Gasteiger partial charge in [0.25, 0.3) is 0 Å². The van der Waals surface area contributed by atoms with E-state index >= 15 is 0 Å². The molecule has 0 aromatic carbocycles. The minimum atomic E-state index is -0.748. The first-order valence-corrected chi connectivity index (χ1v) is 7.35. The fraction of sp³-hybridized carbons (Fsp3) is 0.857. The molecule has 2 atom stereocenters. The van der Waals surface area contributed by atoms with E-state index in [1.807, 2.05) is 11.8 Å². The molecular weight excluding hydrogens is 280 g/mol. The second-order valence-electron chi connectivity index (χ2n) is 5.84. The van der Waals surface area contributed by atoms with Gasteiger partial charge in [-0.05, 0) is 32.7 Å². The summed E-state index contributed by atoms with van der Waals surface area (Å²) in [5.74, 6) is -1.01. The number of nitrogens with zero attached hydrogens (tertiary/aromatic N) is 1. The third kappa shape index (κ3) is 4.35. The molecule has 0 spiro atoms. The van der Waals surface area contributed by atoms with E-state index in [1.165, 1.54) is 19.3 Å². The summed E-state index contributed by atoms with van der Waals surface area (Å²) in [5.41, 5.74) is 0. The number of carboxylic acid groups (broad SMARTS) is 1. The number of nitrogens with one attached hydrogen (secondary N) is 1. The molecule has 0 aromatic rings. The average Bonchev–Trinajstić information content (AvgIpc) is 2.88. The van der Waals surface area contributed by atoms with Crippen LogP contribution >= 0.6 is 12.4 Å². The summed E-state index contributed by atoms with van der Waals surface area (Å²) in [5, 5.41) is 12.1. The molecule has 1 heterocycles. The SMILES string of the molecule is CC(C(=O)NC1CCCCC1)N1CCC(C(=O)O)C1.Cl. The molecular formula is C14H25ClN2O3. The Bertz CT molecular complexity index is 345. The molecule has 1 amide bonds. The maximum atomic E-state index is 12.2. The summed E-state index contributed by atoms with van der Waals surface area (Å²) in [7, 11) is 0. The van der Waals surface area contributed by atoms with Gasteiger partial charge in [-0.25, -0.2) is 0 Å². The van der Waals surface area contributed by atoms with Crippen molar-refractivity contribution in [2.75, 3.05) is 13.1 Å². The number of likely N-dealkylation sites (tertiary alicyclic amines) is 1. The normalized spacial score (nSPS) is 25.8. The van der Waals surface area contributed by atoms with E-state index in [9.17, 15) is 9.59 Å². The Morgan fingerprint density at radius 3 is 2.40 bits per heavy atom. The first-order chi connectivity index (χ1) is 9.08. The van der Waals surface area contributed by atoms with E-state index in [2.05, 4.69) is 5.32 Å². The molecule has 116 valence electrons. The van der Waals surface area contributed by atoms with Gasteiger partial charge in [0.15, 0.2) is 0 Å². The second kappa shape index (κ2) is 7.84. The van der Waals surface area contributed by atoms with Gasteiger partial charge in [-0.1, -0.05) is 19.3 Å². The molecule has 2 aliphatic rings. The molecule has 0 bridgehead atoms. The fourth-order valence-corrected chi connectivity index (χ4v) is 3.08. The number of hydrogen-bond acceptors (Lipinski definition) is 3. The van der Waals surface area contributed by atoms with Crippen LogP contribution in [0.3, 0.4) is 0 Å². The number of aliphatic carboxylic acids is 1. The van der Waals surface area contributed by atoms with Gasteiger partial charge in [-0.2, -0.15) is 0 Å². The molecule has 1 aliphatic carbocycles. The van der Waals surface area contributed by atoms with E-state index in [-0.39, 0.29) is 30.3 Å². The van der Waals surface area contributed by atoms with Crippen molar-refractivity contribution >= 4 is 24.3 Å². The van der Waals surface area contributed by atoms with Gasteiger partial charge in [-0.15, -0.1) is 12.4 Å². The summed E-state index contributed by atoms with van der Waals surface area (Å²) in [6, 6.07) is 0.104. The van der Waals surface area contributed by atoms with E-state index in [1.54, 1.807) is 0 Å². The number of carbonyl (C=O) groups is 2. The lowest BCUT2D eigenvalue weighted by molar-refractivity contribution is -0.141. The smallest absolute Gasteiger partial charge is 0.307 e. The summed E-state index contributed by atoms with van der Waals surface area (Å²) in [4.78, 5) is 25.1. The van der Waals surface area contributed by atoms with Gasteiger partial charge in [0.1, 0.15) is 0 Å². The van der Waals surface area contributed by atoms with Crippen molar-refractivity contribution in [1.82, 2.24) is 10.2 Å². The second-order valence-corrected chi connectivity index (χ2v) is 5.84. The van der Waals surface area contributed by atoms with Crippen molar-refractivity contribution < 1.29 is 14.7 Å². The Balaban J connectivity index is 0.00000200. The first-order valence-electron chi connectivity index (χ1n) is 7.35. The predicted molar refractivity (Wildman–Crippen MR) is 79.0 cm³/mol. The van der Waals surface area contributed by atoms with Crippen molar-refractivity contribution in [2.45, 2.75) is 57.5 Å². The van der Waals surface area contributed by atoms with Gasteiger partial charge >= 0.3 is 5.97 Å². The summed E-state index contributed by atoms with van der Waals surface area (Å²) in [6.45, 7) is 3.08. The number of carboxylic acids is 1. The Kier molecular flexibility index (Phi) is 6.76. The minimum Gasteiger partial charge on any atom is -0.481 e. The molecule has 20 heavy (non-hydrogen) atoms. The largest absolute Gasteiger partial charge is 0.481 e. The average molecular weight is 305 g/mol. The molecule has 2 N–H and O–H groups in total. The predicted octanol–water partition coefficient (Wildman–Crippen LogP) is 1.65. The van der Waals surface area contributed by atoms with Crippen LogP contribution in [0, 0.1) is 5.92 Å². The maximum Gasteiger partial charge on any atom is 0.307 e. The van der Waals surface area contributed by atoms with Crippen LogP contribution in [0.1, 0.15) is 45.4 Å². The highest BCUT2D eigenvalue weighted by molar-refractivity contribution is 5.85. The fourth-order valence-electron chi connectivity index (χ4n) is 3.08. The van der Waals surface area contributed by atoms with E-state index in [0.29, 0.717) is 25.6 Å². The molecule has 5 nitrogen and oxygen atoms in total. The van der Waals surface area contributed by atoms with E-state index < -0.39 is 5.97 Å². The zero-order chi connectivity index (χ0) is 13.8. The van der Waals surface area contributed by atoms with Crippen LogP contribution < -0.4 is 5.32 Å². The monoisotopic (exact) mass is 304 g/mol. The number of halogens is 1. The Morgan fingerprint density at radius 2 is 1.85 bits per heavy atom. The van der Waals surface area contributed by atoms with Crippen LogP contribution in [0.4, 0.5) is 0 Å². The minimum absolute atomic E-state index is 0. The molecule has 1 aliphatic heterocycles. The highest BCUT2D eigenvalue weighted by Crippen LogP contribution is 2.20. The number of amides is 1. The van der Waals surface area contributed by atoms with Crippen LogP contribution in [-0.2, 0) is 9.59 Å². The van der Waals surface area contributed by atoms with Gasteiger partial charge in [-0.3, -0.25) is 14.5 Å². The van der Waals surface area contributed by atoms with Crippen molar-refractivity contribution in [1.29, 1.82) is 0 Å². The lowest BCUT2D eigenvalue weighted by atomic mass is 9.95. The number of hydrogen-bond donors (Lipinski definition) is 2. The van der Waals surface area contributed by atoms with Crippen LogP contribution in [0.25, 0.3) is 0 Å². The number of carbonyl (C=O) groups excluding carboxylic acids is 1. The molecule has 1 saturated heterocycles. The Labute approximate surface area is 126 Å². The molecule has 2 unspecified atom stereocenters. The Hall–Kier alpha value is -0.810. The quantitative estimate of drug-likeness (QED) is 0.828. The van der Waals surface area contributed by atoms with Crippen LogP contribution in [0.15, 0.2) is 0 Å². The zero-order valence-corrected chi connectivity index (χ0v) is 12.8. The molecule has 2 rings (SSSR count). The zero-order valence-electron chi connectivity index (χ0n) is 12.0. The molecule has 6 heteroatoms. The van der Waals surface area contributed by atoms with Gasteiger partial charge in [0.05, 0.1) is 12.0 Å². The van der Waals surface area contributed by atoms with Crippen molar-refractivity contribution in [2.24, 2.45) is 5.92 Å². The van der Waals surface area contributed by atoms with E-state index in [0.717, 1.165) is 12.8 Å². The Morgan fingerprint density at radius 1 is 1.20 bits per heavy atom. The highest BCUT2D eigenvalue weighted by Gasteiger charge is 2.33. The first kappa shape index (κ1) is 17.2. The van der Waals surface area contributed by atoms with Crippen molar-refractivity contribution in [3.8, 4) is 0 Å².